The zero-order chi connectivity index (χ0) is 17.4. The number of benzene rings is 1. The van der Waals surface area contributed by atoms with Crippen molar-refractivity contribution in [2.75, 3.05) is 17.6 Å². The van der Waals surface area contributed by atoms with E-state index in [2.05, 4.69) is 41.5 Å². The number of nitrogens with one attached hydrogen (secondary N) is 1. The number of nitrogens with zero attached hydrogens (tertiary/aromatic N) is 2. The lowest BCUT2D eigenvalue weighted by atomic mass is 10.1. The van der Waals surface area contributed by atoms with E-state index in [-0.39, 0.29) is 11.8 Å². The third-order valence-electron chi connectivity index (χ3n) is 4.66. The Hall–Kier alpha value is -1.86. The summed E-state index contributed by atoms with van der Waals surface area (Å²) in [6.07, 6.45) is 3.67. The fraction of sp³-hybridized carbons (Fsp3) is 0.389. The Kier molecular flexibility index (Phi) is 4.29. The minimum Gasteiger partial charge on any atom is -0.319 e. The normalized spacial score (nSPS) is 22.3. The molecule has 0 saturated carbocycles. The molecule has 0 aliphatic carbocycles. The van der Waals surface area contributed by atoms with Crippen LogP contribution in [-0.4, -0.2) is 38.9 Å². The van der Waals surface area contributed by atoms with Gasteiger partial charge in [0.15, 0.2) is 10.0 Å². The van der Waals surface area contributed by atoms with Crippen LogP contribution in [0.3, 0.4) is 0 Å². The third-order valence-corrected chi connectivity index (χ3v) is 7.05. The summed E-state index contributed by atoms with van der Waals surface area (Å²) in [5, 5.41) is 3.54. The van der Waals surface area contributed by atoms with Crippen LogP contribution in [0.15, 0.2) is 30.5 Å². The molecule has 1 N–H and O–H groups in total. The molecule has 4 rings (SSSR count). The molecule has 1 aromatic heterocycles. The molecule has 130 valence electrons. The van der Waals surface area contributed by atoms with Gasteiger partial charge in [-0.15, -0.1) is 23.1 Å². The van der Waals surface area contributed by atoms with Crippen molar-refractivity contribution in [1.82, 2.24) is 9.88 Å². The van der Waals surface area contributed by atoms with Crippen LogP contribution in [0.4, 0.5) is 5.13 Å². The van der Waals surface area contributed by atoms with Crippen molar-refractivity contribution in [2.24, 2.45) is 0 Å². The predicted molar refractivity (Wildman–Crippen MR) is 101 cm³/mol. The van der Waals surface area contributed by atoms with E-state index < -0.39 is 4.87 Å². The number of carbonyl (C=O) groups is 2. The van der Waals surface area contributed by atoms with E-state index in [1.54, 1.807) is 16.7 Å². The van der Waals surface area contributed by atoms with Crippen LogP contribution in [0.25, 0.3) is 0 Å². The highest BCUT2D eigenvalue weighted by Crippen LogP contribution is 2.45. The van der Waals surface area contributed by atoms with Gasteiger partial charge in [0.2, 0.25) is 5.91 Å². The van der Waals surface area contributed by atoms with Crippen LogP contribution in [-0.2, 0) is 16.0 Å². The zero-order valence-corrected chi connectivity index (χ0v) is 15.6. The maximum Gasteiger partial charge on any atom is 0.262 e. The van der Waals surface area contributed by atoms with E-state index in [1.807, 2.05) is 6.20 Å². The minimum atomic E-state index is -0.723. The molecule has 2 aliphatic rings. The predicted octanol–water partition coefficient (Wildman–Crippen LogP) is 3.05. The second-order valence-corrected chi connectivity index (χ2v) is 8.92. The second-order valence-electron chi connectivity index (χ2n) is 6.43. The Morgan fingerprint density at radius 2 is 2.32 bits per heavy atom. The molecule has 25 heavy (non-hydrogen) atoms. The van der Waals surface area contributed by atoms with Crippen molar-refractivity contribution in [3.05, 3.63) is 46.5 Å². The van der Waals surface area contributed by atoms with Gasteiger partial charge >= 0.3 is 0 Å². The Bertz CT molecular complexity index is 835. The number of aryl methyl sites for hydroxylation is 1. The molecule has 2 aliphatic heterocycles. The van der Waals surface area contributed by atoms with Crippen molar-refractivity contribution in [3.8, 4) is 0 Å². The maximum atomic E-state index is 12.8. The smallest absolute Gasteiger partial charge is 0.262 e. The van der Waals surface area contributed by atoms with Gasteiger partial charge in [-0.2, -0.15) is 0 Å². The van der Waals surface area contributed by atoms with Gasteiger partial charge in [-0.25, -0.2) is 4.98 Å². The van der Waals surface area contributed by atoms with Gasteiger partial charge < -0.3 is 4.90 Å². The summed E-state index contributed by atoms with van der Waals surface area (Å²) < 4.78 is 0. The first-order valence-corrected chi connectivity index (χ1v) is 10.1. The van der Waals surface area contributed by atoms with Crippen LogP contribution < -0.4 is 5.32 Å². The van der Waals surface area contributed by atoms with E-state index in [1.165, 1.54) is 22.5 Å². The molecule has 7 heteroatoms. The first-order chi connectivity index (χ1) is 12.1. The zero-order valence-electron chi connectivity index (χ0n) is 13.9. The van der Waals surface area contributed by atoms with Crippen LogP contribution in [0.5, 0.6) is 0 Å². The van der Waals surface area contributed by atoms with Crippen molar-refractivity contribution >= 4 is 40.0 Å². The fourth-order valence-electron chi connectivity index (χ4n) is 3.48. The lowest BCUT2D eigenvalue weighted by Gasteiger charge is -2.28. The van der Waals surface area contributed by atoms with E-state index in [9.17, 15) is 9.59 Å². The van der Waals surface area contributed by atoms with Crippen LogP contribution >= 0.6 is 23.1 Å². The van der Waals surface area contributed by atoms with Gasteiger partial charge in [-0.05, 0) is 18.9 Å². The Morgan fingerprint density at radius 1 is 1.44 bits per heavy atom. The molecule has 2 amide bonds. The molecule has 1 aromatic carbocycles. The van der Waals surface area contributed by atoms with Crippen LogP contribution in [0.2, 0.25) is 0 Å². The number of hydrogen-bond donors (Lipinski definition) is 1. The van der Waals surface area contributed by atoms with Gasteiger partial charge in [-0.1, -0.05) is 29.8 Å². The molecule has 2 saturated heterocycles. The average Bonchev–Trinajstić information content (AvgIpc) is 3.26. The highest BCUT2D eigenvalue weighted by Gasteiger charge is 2.54. The Balaban J connectivity index is 1.46. The largest absolute Gasteiger partial charge is 0.319 e. The molecular weight excluding hydrogens is 354 g/mol. The summed E-state index contributed by atoms with van der Waals surface area (Å²) >= 11 is 3.07. The van der Waals surface area contributed by atoms with E-state index >= 15 is 0 Å². The van der Waals surface area contributed by atoms with Crippen molar-refractivity contribution in [2.45, 2.75) is 31.1 Å². The number of carbonyl (C=O) groups excluding carboxylic acids is 2. The molecule has 0 radical (unpaired) electrons. The number of anilines is 1. The van der Waals surface area contributed by atoms with Crippen molar-refractivity contribution in [3.63, 3.8) is 0 Å². The Labute approximate surface area is 154 Å². The SMILES string of the molecule is Cc1cccc(Cc2cnc(NC(=O)C34CCC(=O)N3CCS4)s2)c1. The first-order valence-electron chi connectivity index (χ1n) is 8.33. The molecule has 0 spiro atoms. The summed E-state index contributed by atoms with van der Waals surface area (Å²) in [5.74, 6) is 0.784. The molecule has 3 heterocycles. The van der Waals surface area contributed by atoms with E-state index in [0.29, 0.717) is 24.5 Å². The molecule has 2 aromatic rings. The molecule has 0 bridgehead atoms. The molecular formula is C18H19N3O2S2. The molecule has 2 fully saturated rings. The van der Waals surface area contributed by atoms with Crippen LogP contribution in [0.1, 0.15) is 28.8 Å². The van der Waals surface area contributed by atoms with Gasteiger partial charge in [0.05, 0.1) is 0 Å². The quantitative estimate of drug-likeness (QED) is 0.895. The Morgan fingerprint density at radius 3 is 3.16 bits per heavy atom. The minimum absolute atomic E-state index is 0.0828. The molecule has 1 atom stereocenters. The summed E-state index contributed by atoms with van der Waals surface area (Å²) in [4.78, 5) is 31.3. The van der Waals surface area contributed by atoms with Crippen molar-refractivity contribution in [1.29, 1.82) is 0 Å². The van der Waals surface area contributed by atoms with Gasteiger partial charge in [0.25, 0.3) is 5.91 Å². The number of rotatable bonds is 4. The number of thiazole rings is 1. The van der Waals surface area contributed by atoms with Gasteiger partial charge in [0.1, 0.15) is 0 Å². The number of fused-ring (bicyclic) bond motifs is 1. The van der Waals surface area contributed by atoms with E-state index in [4.69, 9.17) is 0 Å². The van der Waals surface area contributed by atoms with Crippen molar-refractivity contribution < 1.29 is 9.59 Å². The summed E-state index contributed by atoms with van der Waals surface area (Å²) in [6, 6.07) is 8.39. The van der Waals surface area contributed by atoms with Gasteiger partial charge in [0, 0.05) is 36.2 Å². The summed E-state index contributed by atoms with van der Waals surface area (Å²) in [6.45, 7) is 2.74. The van der Waals surface area contributed by atoms with Gasteiger partial charge in [-0.3, -0.25) is 14.9 Å². The summed E-state index contributed by atoms with van der Waals surface area (Å²) in [5.41, 5.74) is 2.47. The number of thioether (sulfide) groups is 1. The van der Waals surface area contributed by atoms with Crippen LogP contribution in [0, 0.1) is 6.92 Å². The summed E-state index contributed by atoms with van der Waals surface area (Å²) in [7, 11) is 0. The van der Waals surface area contributed by atoms with E-state index in [0.717, 1.165) is 17.1 Å². The first kappa shape index (κ1) is 16.6. The lowest BCUT2D eigenvalue weighted by molar-refractivity contribution is -0.133. The lowest BCUT2D eigenvalue weighted by Crippen LogP contribution is -2.48. The monoisotopic (exact) mass is 373 g/mol. The third kappa shape index (κ3) is 3.06. The number of amides is 2. The number of hydrogen-bond acceptors (Lipinski definition) is 5. The molecule has 1 unspecified atom stereocenters. The average molecular weight is 374 g/mol. The topological polar surface area (TPSA) is 62.3 Å². The molecule has 5 nitrogen and oxygen atoms in total. The second kappa shape index (κ2) is 6.46. The number of aromatic nitrogens is 1. The fourth-order valence-corrected chi connectivity index (χ4v) is 5.71. The standard InChI is InChI=1S/C18H19N3O2S2/c1-12-3-2-4-13(9-12)10-14-11-19-17(25-14)20-16(23)18-6-5-15(22)21(18)7-8-24-18/h2-4,9,11H,5-8,10H2,1H3,(H,19,20,23). The highest BCUT2D eigenvalue weighted by atomic mass is 32.2. The maximum absolute atomic E-state index is 12.8. The highest BCUT2D eigenvalue weighted by molar-refractivity contribution is 8.01.